The van der Waals surface area contributed by atoms with E-state index in [4.69, 9.17) is 12.2 Å². The minimum atomic E-state index is 0.418. The highest BCUT2D eigenvalue weighted by Crippen LogP contribution is 2.05. The second-order valence-corrected chi connectivity index (χ2v) is 4.51. The highest BCUT2D eigenvalue weighted by atomic mass is 32.1. The van der Waals surface area contributed by atoms with Crippen molar-refractivity contribution in [2.75, 3.05) is 26.2 Å². The lowest BCUT2D eigenvalue weighted by molar-refractivity contribution is 0.343. The predicted octanol–water partition coefficient (Wildman–Crippen LogP) is 0.955. The molecular formula is C10H21N3S. The molecule has 0 atom stereocenters. The molecule has 0 aromatic rings. The quantitative estimate of drug-likeness (QED) is 0.683. The molecule has 3 nitrogen and oxygen atoms in total. The molecule has 0 saturated carbocycles. The molecule has 14 heavy (non-hydrogen) atoms. The van der Waals surface area contributed by atoms with Gasteiger partial charge in [0, 0.05) is 19.1 Å². The molecule has 82 valence electrons. The first-order chi connectivity index (χ1) is 6.68. The zero-order valence-corrected chi connectivity index (χ0v) is 9.99. The Bertz CT molecular complexity index is 176. The summed E-state index contributed by atoms with van der Waals surface area (Å²) in [5.74, 6) is 0. The molecule has 0 aromatic heterocycles. The number of hydrogen-bond acceptors (Lipinski definition) is 2. The third kappa shape index (κ3) is 4.77. The van der Waals surface area contributed by atoms with Crippen LogP contribution >= 0.6 is 12.2 Å². The van der Waals surface area contributed by atoms with Gasteiger partial charge in [-0.3, -0.25) is 0 Å². The zero-order chi connectivity index (χ0) is 10.4. The van der Waals surface area contributed by atoms with Crippen LogP contribution in [0.4, 0.5) is 0 Å². The lowest BCUT2D eigenvalue weighted by Crippen LogP contribution is -2.42. The zero-order valence-electron chi connectivity index (χ0n) is 9.18. The molecule has 1 fully saturated rings. The number of likely N-dealkylation sites (tertiary alicyclic amines) is 1. The van der Waals surface area contributed by atoms with E-state index in [1.807, 2.05) is 0 Å². The molecule has 0 amide bonds. The van der Waals surface area contributed by atoms with Crippen LogP contribution in [0.5, 0.6) is 0 Å². The fraction of sp³-hybridized carbons (Fsp3) is 0.900. The van der Waals surface area contributed by atoms with E-state index in [0.717, 1.165) is 18.2 Å². The highest BCUT2D eigenvalue weighted by molar-refractivity contribution is 7.80. The van der Waals surface area contributed by atoms with Crippen LogP contribution in [0.2, 0.25) is 0 Å². The molecular weight excluding hydrogens is 194 g/mol. The van der Waals surface area contributed by atoms with Gasteiger partial charge in [0.25, 0.3) is 0 Å². The first-order valence-electron chi connectivity index (χ1n) is 5.45. The second-order valence-electron chi connectivity index (χ2n) is 4.10. The van der Waals surface area contributed by atoms with Crippen LogP contribution < -0.4 is 10.6 Å². The van der Waals surface area contributed by atoms with Gasteiger partial charge >= 0.3 is 0 Å². The molecule has 1 aliphatic heterocycles. The van der Waals surface area contributed by atoms with Crippen LogP contribution in [0.25, 0.3) is 0 Å². The average molecular weight is 215 g/mol. The predicted molar refractivity (Wildman–Crippen MR) is 64.5 cm³/mol. The Morgan fingerprint density at radius 3 is 2.57 bits per heavy atom. The van der Waals surface area contributed by atoms with E-state index < -0.39 is 0 Å². The smallest absolute Gasteiger partial charge is 0.166 e. The Balaban J connectivity index is 1.99. The van der Waals surface area contributed by atoms with Crippen LogP contribution in [-0.4, -0.2) is 42.2 Å². The molecule has 1 rings (SSSR count). The Labute approximate surface area is 92.2 Å². The van der Waals surface area contributed by atoms with Crippen LogP contribution in [-0.2, 0) is 0 Å². The molecule has 4 heteroatoms. The van der Waals surface area contributed by atoms with Gasteiger partial charge in [0.2, 0.25) is 0 Å². The summed E-state index contributed by atoms with van der Waals surface area (Å²) in [5, 5.41) is 7.17. The first kappa shape index (κ1) is 11.7. The summed E-state index contributed by atoms with van der Waals surface area (Å²) in [4.78, 5) is 2.48. The first-order valence-corrected chi connectivity index (χ1v) is 5.86. The second kappa shape index (κ2) is 6.19. The molecule has 0 bridgehead atoms. The van der Waals surface area contributed by atoms with Crippen LogP contribution in [0, 0.1) is 0 Å². The van der Waals surface area contributed by atoms with Gasteiger partial charge in [-0.2, -0.15) is 0 Å². The van der Waals surface area contributed by atoms with E-state index in [9.17, 15) is 0 Å². The van der Waals surface area contributed by atoms with Crippen LogP contribution in [0.1, 0.15) is 26.7 Å². The summed E-state index contributed by atoms with van der Waals surface area (Å²) in [5.41, 5.74) is 0. The van der Waals surface area contributed by atoms with Crippen molar-refractivity contribution in [3.63, 3.8) is 0 Å². The van der Waals surface area contributed by atoms with Gasteiger partial charge in [0.1, 0.15) is 0 Å². The molecule has 0 radical (unpaired) electrons. The summed E-state index contributed by atoms with van der Waals surface area (Å²) in [6.45, 7) is 8.76. The molecule has 2 N–H and O–H groups in total. The van der Waals surface area contributed by atoms with Gasteiger partial charge in [-0.15, -0.1) is 0 Å². The largest absolute Gasteiger partial charge is 0.361 e. The van der Waals surface area contributed by atoms with Gasteiger partial charge in [0.15, 0.2) is 5.11 Å². The number of nitrogens with zero attached hydrogens (tertiary/aromatic N) is 1. The summed E-state index contributed by atoms with van der Waals surface area (Å²) >= 11 is 5.13. The van der Waals surface area contributed by atoms with Crippen molar-refractivity contribution in [1.29, 1.82) is 0 Å². The lowest BCUT2D eigenvalue weighted by atomic mass is 10.4. The van der Waals surface area contributed by atoms with Crippen molar-refractivity contribution in [2.45, 2.75) is 32.7 Å². The Hall–Kier alpha value is -0.350. The number of rotatable bonds is 4. The van der Waals surface area contributed by atoms with Crippen molar-refractivity contribution in [3.8, 4) is 0 Å². The molecule has 1 heterocycles. The summed E-state index contributed by atoms with van der Waals surface area (Å²) in [7, 11) is 0. The number of hydrogen-bond donors (Lipinski definition) is 2. The van der Waals surface area contributed by atoms with Crippen LogP contribution in [0.15, 0.2) is 0 Å². The van der Waals surface area contributed by atoms with Crippen molar-refractivity contribution in [1.82, 2.24) is 15.5 Å². The molecule has 1 aliphatic rings. The van der Waals surface area contributed by atoms with Crippen molar-refractivity contribution >= 4 is 17.3 Å². The number of nitrogens with one attached hydrogen (secondary N) is 2. The van der Waals surface area contributed by atoms with Crippen molar-refractivity contribution < 1.29 is 0 Å². The Morgan fingerprint density at radius 1 is 1.36 bits per heavy atom. The molecule has 1 saturated heterocycles. The Kier molecular flexibility index (Phi) is 5.19. The maximum atomic E-state index is 5.13. The fourth-order valence-electron chi connectivity index (χ4n) is 1.65. The van der Waals surface area contributed by atoms with E-state index in [1.165, 1.54) is 25.9 Å². The highest BCUT2D eigenvalue weighted by Gasteiger charge is 2.10. The van der Waals surface area contributed by atoms with Gasteiger partial charge < -0.3 is 15.5 Å². The summed E-state index contributed by atoms with van der Waals surface area (Å²) < 4.78 is 0. The van der Waals surface area contributed by atoms with Gasteiger partial charge in [-0.05, 0) is 52.0 Å². The SMILES string of the molecule is CC(C)NC(=S)NCCN1CCCC1. The maximum absolute atomic E-state index is 5.13. The average Bonchev–Trinajstić information content (AvgIpc) is 2.55. The topological polar surface area (TPSA) is 27.3 Å². The van der Waals surface area contributed by atoms with E-state index >= 15 is 0 Å². The monoisotopic (exact) mass is 215 g/mol. The third-order valence-electron chi connectivity index (χ3n) is 2.33. The molecule has 0 aromatic carbocycles. The molecule has 0 unspecified atom stereocenters. The standard InChI is InChI=1S/C10H21N3S/c1-9(2)12-10(14)11-5-8-13-6-3-4-7-13/h9H,3-8H2,1-2H3,(H2,11,12,14). The number of thiocarbonyl (C=S) groups is 1. The third-order valence-corrected chi connectivity index (χ3v) is 2.59. The minimum Gasteiger partial charge on any atom is -0.361 e. The Morgan fingerprint density at radius 2 is 2.00 bits per heavy atom. The lowest BCUT2D eigenvalue weighted by Gasteiger charge is -2.17. The molecule has 0 aliphatic carbocycles. The van der Waals surface area contributed by atoms with Gasteiger partial charge in [-0.1, -0.05) is 0 Å². The van der Waals surface area contributed by atoms with Gasteiger partial charge in [-0.25, -0.2) is 0 Å². The van der Waals surface area contributed by atoms with Crippen molar-refractivity contribution in [2.24, 2.45) is 0 Å². The van der Waals surface area contributed by atoms with Gasteiger partial charge in [0.05, 0.1) is 0 Å². The normalized spacial score (nSPS) is 17.4. The summed E-state index contributed by atoms with van der Waals surface area (Å²) in [6.07, 6.45) is 2.71. The fourth-order valence-corrected chi connectivity index (χ4v) is 1.98. The van der Waals surface area contributed by atoms with E-state index in [-0.39, 0.29) is 0 Å². The summed E-state index contributed by atoms with van der Waals surface area (Å²) in [6, 6.07) is 0.418. The maximum Gasteiger partial charge on any atom is 0.166 e. The minimum absolute atomic E-state index is 0.418. The van der Waals surface area contributed by atoms with E-state index in [2.05, 4.69) is 29.4 Å². The van der Waals surface area contributed by atoms with Crippen LogP contribution in [0.3, 0.4) is 0 Å². The van der Waals surface area contributed by atoms with E-state index in [0.29, 0.717) is 6.04 Å². The van der Waals surface area contributed by atoms with Crippen molar-refractivity contribution in [3.05, 3.63) is 0 Å². The molecule has 0 spiro atoms. The van der Waals surface area contributed by atoms with E-state index in [1.54, 1.807) is 0 Å².